The number of hydrogen-bond donors (Lipinski definition) is 4. The smallest absolute Gasteiger partial charge is 0.111 e. The monoisotopic (exact) mass is 700 g/mol. The Hall–Kier alpha value is -6.18. The molecule has 6 aromatic carbocycles. The zero-order valence-electron chi connectivity index (χ0n) is 29.8. The molecule has 0 saturated carbocycles. The molecule has 0 amide bonds. The third-order valence-corrected chi connectivity index (χ3v) is 11.6. The van der Waals surface area contributed by atoms with Crippen LogP contribution in [-0.4, -0.2) is 28.0 Å². The Kier molecular flexibility index (Phi) is 7.40. The van der Waals surface area contributed by atoms with Crippen LogP contribution in [0, 0.1) is 0 Å². The van der Waals surface area contributed by atoms with E-state index in [9.17, 15) is 0 Å². The van der Waals surface area contributed by atoms with Crippen LogP contribution in [0.15, 0.2) is 175 Å². The van der Waals surface area contributed by atoms with Crippen LogP contribution in [0.2, 0.25) is 0 Å². The maximum atomic E-state index is 3.96. The highest BCUT2D eigenvalue weighted by Crippen LogP contribution is 2.41. The molecule has 6 heteroatoms. The predicted octanol–water partition coefficient (Wildman–Crippen LogP) is 9.78. The molecular weight excluding hydrogens is 661 g/mol. The average molecular weight is 701 g/mol. The van der Waals surface area contributed by atoms with Crippen molar-refractivity contribution in [2.75, 3.05) is 6.54 Å². The van der Waals surface area contributed by atoms with Gasteiger partial charge in [-0.25, -0.2) is 0 Å². The Bertz CT molecular complexity index is 2880. The van der Waals surface area contributed by atoms with Crippen LogP contribution in [0.4, 0.5) is 0 Å². The van der Waals surface area contributed by atoms with E-state index in [1.165, 1.54) is 71.1 Å². The molecule has 1 saturated heterocycles. The molecule has 0 radical (unpaired) electrons. The molecule has 0 spiro atoms. The van der Waals surface area contributed by atoms with Gasteiger partial charge in [0.2, 0.25) is 0 Å². The van der Waals surface area contributed by atoms with Crippen LogP contribution in [0.3, 0.4) is 0 Å². The van der Waals surface area contributed by atoms with Crippen molar-refractivity contribution in [2.45, 2.75) is 31.3 Å². The van der Waals surface area contributed by atoms with Crippen molar-refractivity contribution in [3.8, 4) is 5.69 Å². The first-order chi connectivity index (χ1) is 26.8. The first-order valence-electron chi connectivity index (χ1n) is 19.1. The molecule has 1 aliphatic carbocycles. The molecule has 6 nitrogen and oxygen atoms in total. The van der Waals surface area contributed by atoms with Crippen LogP contribution in [0.5, 0.6) is 0 Å². The highest BCUT2D eigenvalue weighted by Gasteiger charge is 2.33. The first kappa shape index (κ1) is 31.4. The van der Waals surface area contributed by atoms with Gasteiger partial charge in [-0.15, -0.1) is 0 Å². The summed E-state index contributed by atoms with van der Waals surface area (Å²) in [4.78, 5) is 0. The van der Waals surface area contributed by atoms with E-state index < -0.39 is 0 Å². The Labute approximate surface area is 313 Å². The molecule has 1 fully saturated rings. The van der Waals surface area contributed by atoms with Gasteiger partial charge in [-0.1, -0.05) is 133 Å². The van der Waals surface area contributed by atoms with Crippen molar-refractivity contribution >= 4 is 60.2 Å². The number of para-hydroxylation sites is 3. The van der Waals surface area contributed by atoms with Gasteiger partial charge in [-0.05, 0) is 70.7 Å². The largest absolute Gasteiger partial charge is 0.367 e. The molecule has 262 valence electrons. The van der Waals surface area contributed by atoms with Gasteiger partial charge in [0.1, 0.15) is 5.82 Å². The predicted molar refractivity (Wildman–Crippen MR) is 224 cm³/mol. The van der Waals surface area contributed by atoms with Gasteiger partial charge in [0, 0.05) is 33.8 Å². The van der Waals surface area contributed by atoms with E-state index in [1.54, 1.807) is 0 Å². The minimum Gasteiger partial charge on any atom is -0.367 e. The number of nitrogens with zero attached hydrogens (tertiary/aromatic N) is 2. The first-order valence-corrected chi connectivity index (χ1v) is 19.1. The molecule has 2 aromatic heterocycles. The Morgan fingerprint density at radius 1 is 0.481 bits per heavy atom. The molecular formula is C48H40N6. The zero-order chi connectivity index (χ0) is 35.6. The average Bonchev–Trinajstić information content (AvgIpc) is 3.77. The third kappa shape index (κ3) is 4.99. The van der Waals surface area contributed by atoms with Crippen LogP contribution >= 0.6 is 0 Å². The van der Waals surface area contributed by atoms with E-state index in [1.807, 2.05) is 0 Å². The zero-order valence-corrected chi connectivity index (χ0v) is 29.8. The Balaban J connectivity index is 1.06. The highest BCUT2D eigenvalue weighted by molar-refractivity contribution is 6.24. The van der Waals surface area contributed by atoms with Crippen molar-refractivity contribution in [2.24, 2.45) is 0 Å². The number of rotatable bonds is 5. The fourth-order valence-electron chi connectivity index (χ4n) is 9.06. The molecule has 3 aliphatic rings. The van der Waals surface area contributed by atoms with E-state index in [0.29, 0.717) is 6.54 Å². The fourth-order valence-corrected chi connectivity index (χ4v) is 9.06. The van der Waals surface area contributed by atoms with Gasteiger partial charge in [-0.2, -0.15) is 0 Å². The summed E-state index contributed by atoms with van der Waals surface area (Å²) >= 11 is 0. The second-order valence-corrected chi connectivity index (χ2v) is 14.6. The summed E-state index contributed by atoms with van der Waals surface area (Å²) < 4.78 is 4.89. The summed E-state index contributed by atoms with van der Waals surface area (Å²) in [6.45, 7) is 0.704. The molecule has 8 aromatic rings. The van der Waals surface area contributed by atoms with Crippen LogP contribution < -0.4 is 21.3 Å². The van der Waals surface area contributed by atoms with Crippen molar-refractivity contribution in [1.82, 2.24) is 30.4 Å². The van der Waals surface area contributed by atoms with Gasteiger partial charge >= 0.3 is 0 Å². The number of nitrogens with one attached hydrogen (secondary N) is 4. The van der Waals surface area contributed by atoms with Gasteiger partial charge in [0.25, 0.3) is 0 Å². The van der Waals surface area contributed by atoms with Gasteiger partial charge in [0.15, 0.2) is 0 Å². The highest BCUT2D eigenvalue weighted by atomic mass is 15.4. The van der Waals surface area contributed by atoms with E-state index in [-0.39, 0.29) is 18.5 Å². The number of benzene rings is 6. The van der Waals surface area contributed by atoms with E-state index in [4.69, 9.17) is 0 Å². The minimum atomic E-state index is -0.0391. The summed E-state index contributed by atoms with van der Waals surface area (Å²) in [6.07, 6.45) is 13.4. The van der Waals surface area contributed by atoms with E-state index >= 15 is 0 Å². The number of aromatic nitrogens is 2. The fraction of sp³-hybridized carbons (Fsp3) is 0.125. The summed E-state index contributed by atoms with van der Waals surface area (Å²) in [5.74, 6) is 1.07. The quantitative estimate of drug-likeness (QED) is 0.144. The lowest BCUT2D eigenvalue weighted by atomic mass is 9.97. The SMILES string of the molecule is C1=CCCC(C2NC(C3=CC=C(n4c5ccccc5c5ccc6c7ccccc7n(-c7ccccc7)c6c54)NC3)NC(c3cccc4ccccc34)N2)=C1. The molecule has 3 atom stereocenters. The summed E-state index contributed by atoms with van der Waals surface area (Å²) in [5.41, 5.74) is 9.89. The van der Waals surface area contributed by atoms with Gasteiger partial charge in [-0.3, -0.25) is 20.5 Å². The molecule has 4 heterocycles. The second kappa shape index (κ2) is 12.7. The van der Waals surface area contributed by atoms with E-state index in [2.05, 4.69) is 194 Å². The lowest BCUT2D eigenvalue weighted by Gasteiger charge is -2.42. The molecule has 54 heavy (non-hydrogen) atoms. The van der Waals surface area contributed by atoms with Crippen molar-refractivity contribution in [1.29, 1.82) is 0 Å². The summed E-state index contributed by atoms with van der Waals surface area (Å²) in [7, 11) is 0. The van der Waals surface area contributed by atoms with Crippen molar-refractivity contribution < 1.29 is 0 Å². The molecule has 4 N–H and O–H groups in total. The lowest BCUT2D eigenvalue weighted by molar-refractivity contribution is 0.238. The van der Waals surface area contributed by atoms with Crippen molar-refractivity contribution in [3.63, 3.8) is 0 Å². The van der Waals surface area contributed by atoms with Gasteiger partial charge < -0.3 is 9.88 Å². The summed E-state index contributed by atoms with van der Waals surface area (Å²) in [6, 6.07) is 48.3. The molecule has 3 unspecified atom stereocenters. The van der Waals surface area contributed by atoms with E-state index in [0.717, 1.165) is 24.4 Å². The standard InChI is InChI=1S/C48H40N6/c1-3-15-32(16-4-1)46-50-47(52-48(51-46)40-23-13-17-31-14-7-8-20-35(31)40)33-26-29-43(49-30-33)54-42-25-12-10-22-37(42)39-28-27-38-36-21-9-11-24-41(36)53(44(38)45(39)54)34-18-5-2-6-19-34/h1-3,5-15,17-29,46-52H,4,16,30H2. The topological polar surface area (TPSA) is 58.0 Å². The maximum absolute atomic E-state index is 3.96. The lowest BCUT2D eigenvalue weighted by Crippen LogP contribution is -2.65. The molecule has 2 aliphatic heterocycles. The van der Waals surface area contributed by atoms with Gasteiger partial charge in [0.05, 0.1) is 40.6 Å². The number of hydrogen-bond acceptors (Lipinski definition) is 4. The molecule has 11 rings (SSSR count). The number of allylic oxidation sites excluding steroid dienone is 5. The normalized spacial score (nSPS) is 20.4. The van der Waals surface area contributed by atoms with Crippen LogP contribution in [-0.2, 0) is 0 Å². The van der Waals surface area contributed by atoms with Crippen molar-refractivity contribution in [3.05, 3.63) is 181 Å². The number of fused-ring (bicyclic) bond motifs is 8. The second-order valence-electron chi connectivity index (χ2n) is 14.6. The van der Waals surface area contributed by atoms with Crippen LogP contribution in [0.25, 0.3) is 65.9 Å². The Morgan fingerprint density at radius 3 is 1.83 bits per heavy atom. The third-order valence-electron chi connectivity index (χ3n) is 11.6. The Morgan fingerprint density at radius 2 is 1.11 bits per heavy atom. The maximum Gasteiger partial charge on any atom is 0.111 e. The number of dihydropyridines is 1. The minimum absolute atomic E-state index is 0.0315. The summed E-state index contributed by atoms with van der Waals surface area (Å²) in [5, 5.41) is 23.2. The van der Waals surface area contributed by atoms with Crippen LogP contribution in [0.1, 0.15) is 24.6 Å². The molecule has 0 bridgehead atoms.